The van der Waals surface area contributed by atoms with Gasteiger partial charge in [0.1, 0.15) is 6.73 Å². The minimum absolute atomic E-state index is 0.0122. The molecule has 11 nitrogen and oxygen atoms in total. The van der Waals surface area contributed by atoms with Crippen molar-refractivity contribution in [1.29, 1.82) is 0 Å². The summed E-state index contributed by atoms with van der Waals surface area (Å²) in [5.74, 6) is 1.32. The minimum atomic E-state index is -0.0122. The quantitative estimate of drug-likeness (QED) is 0.254. The third-order valence-corrected chi connectivity index (χ3v) is 9.25. The van der Waals surface area contributed by atoms with Crippen molar-refractivity contribution in [2.75, 3.05) is 38.6 Å². The van der Waals surface area contributed by atoms with Crippen molar-refractivity contribution in [1.82, 2.24) is 34.6 Å². The summed E-state index contributed by atoms with van der Waals surface area (Å²) >= 11 is 1.55. The van der Waals surface area contributed by atoms with Crippen LogP contribution in [0.1, 0.15) is 43.2 Å². The lowest BCUT2D eigenvalue weighted by atomic mass is 9.96. The highest BCUT2D eigenvalue weighted by atomic mass is 32.1. The molecule has 2 fully saturated rings. The van der Waals surface area contributed by atoms with Crippen molar-refractivity contribution in [3.63, 3.8) is 0 Å². The molecule has 1 saturated carbocycles. The normalized spacial score (nSPS) is 16.6. The van der Waals surface area contributed by atoms with Gasteiger partial charge in [-0.25, -0.2) is 24.7 Å². The van der Waals surface area contributed by atoms with Crippen molar-refractivity contribution < 1.29 is 9.53 Å². The zero-order valence-corrected chi connectivity index (χ0v) is 26.6. The number of hydrogen-bond acceptors (Lipinski definition) is 9. The molecule has 2 aliphatic rings. The molecule has 4 heterocycles. The maximum Gasteiger partial charge on any atom is 0.317 e. The van der Waals surface area contributed by atoms with Crippen LogP contribution in [-0.4, -0.2) is 74.7 Å². The molecule has 0 spiro atoms. The number of pyridine rings is 1. The molecule has 12 heteroatoms. The Labute approximate surface area is 268 Å². The minimum Gasteiger partial charge on any atom is -0.364 e. The number of amides is 2. The van der Waals surface area contributed by atoms with E-state index in [1.807, 2.05) is 76.6 Å². The maximum atomic E-state index is 12.7. The first kappa shape index (κ1) is 30.9. The fourth-order valence-electron chi connectivity index (χ4n) is 5.78. The van der Waals surface area contributed by atoms with Gasteiger partial charge in [0.25, 0.3) is 0 Å². The lowest BCUT2D eigenvalue weighted by molar-refractivity contribution is 0.129. The fraction of sp³-hybridized carbons (Fsp3) is 0.424. The highest BCUT2D eigenvalue weighted by Crippen LogP contribution is 2.24. The molecule has 45 heavy (non-hydrogen) atoms. The van der Waals surface area contributed by atoms with E-state index in [9.17, 15) is 4.79 Å². The summed E-state index contributed by atoms with van der Waals surface area (Å²) in [5.41, 5.74) is 3.09. The molecule has 1 saturated heterocycles. The van der Waals surface area contributed by atoms with E-state index in [0.29, 0.717) is 44.2 Å². The molecule has 3 aromatic heterocycles. The Bertz CT molecular complexity index is 1610. The molecule has 4 aromatic rings. The number of ether oxygens (including phenoxy) is 1. The Morgan fingerprint density at radius 2 is 1.80 bits per heavy atom. The van der Waals surface area contributed by atoms with E-state index in [0.717, 1.165) is 59.0 Å². The number of rotatable bonds is 10. The van der Waals surface area contributed by atoms with E-state index in [4.69, 9.17) is 14.7 Å². The van der Waals surface area contributed by atoms with Gasteiger partial charge in [-0.05, 0) is 42.2 Å². The van der Waals surface area contributed by atoms with Crippen LogP contribution in [0.2, 0.25) is 0 Å². The number of piperazine rings is 1. The molecule has 236 valence electrons. The van der Waals surface area contributed by atoms with E-state index in [1.54, 1.807) is 18.4 Å². The lowest BCUT2D eigenvalue weighted by Gasteiger charge is -2.34. The largest absolute Gasteiger partial charge is 0.364 e. The second-order valence-corrected chi connectivity index (χ2v) is 12.6. The van der Waals surface area contributed by atoms with Gasteiger partial charge in [-0.15, -0.1) is 0 Å². The van der Waals surface area contributed by atoms with Gasteiger partial charge in [-0.2, -0.15) is 0 Å². The molecule has 1 aliphatic carbocycles. The first-order chi connectivity index (χ1) is 22.1. The lowest BCUT2D eigenvalue weighted by Crippen LogP contribution is -2.51. The second kappa shape index (κ2) is 15.2. The van der Waals surface area contributed by atoms with Gasteiger partial charge in [0, 0.05) is 71.0 Å². The number of hydrogen-bond donors (Lipinski definition) is 2. The molecule has 1 aromatic carbocycles. The number of nitrogens with one attached hydrogen (secondary N) is 2. The van der Waals surface area contributed by atoms with E-state index in [1.165, 1.54) is 19.3 Å². The van der Waals surface area contributed by atoms with Gasteiger partial charge < -0.3 is 20.3 Å². The van der Waals surface area contributed by atoms with Crippen LogP contribution in [0.3, 0.4) is 0 Å². The summed E-state index contributed by atoms with van der Waals surface area (Å²) in [7, 11) is 1.68. The van der Waals surface area contributed by atoms with Crippen LogP contribution in [0, 0.1) is 0 Å². The van der Waals surface area contributed by atoms with Crippen molar-refractivity contribution in [2.24, 2.45) is 4.99 Å². The number of carbonyl (C=O) groups excluding carboxylic acids is 1. The number of benzene rings is 1. The number of methoxy groups -OCH3 is 1. The van der Waals surface area contributed by atoms with E-state index >= 15 is 0 Å². The summed E-state index contributed by atoms with van der Waals surface area (Å²) in [6.45, 7) is 4.69. The summed E-state index contributed by atoms with van der Waals surface area (Å²) in [6.07, 6.45) is 11.8. The van der Waals surface area contributed by atoms with Crippen LogP contribution in [0.15, 0.2) is 72.1 Å². The Balaban J connectivity index is 1.09. The van der Waals surface area contributed by atoms with Crippen LogP contribution >= 0.6 is 11.3 Å². The van der Waals surface area contributed by atoms with Crippen LogP contribution in [-0.2, 0) is 24.6 Å². The number of thiazole rings is 1. The zero-order valence-electron chi connectivity index (χ0n) is 25.8. The molecule has 0 radical (unpaired) electrons. The molecule has 1 aliphatic heterocycles. The fourth-order valence-corrected chi connectivity index (χ4v) is 6.74. The SMILES string of the molecule is COCn1cc(-c2ccnc(NC3CCCCC3)n2)sc1=Nc1cc(CN2CCN(C(=O)NCc3ccccc3)CC2)ccn1. The monoisotopic (exact) mass is 627 g/mol. The molecular weight excluding hydrogens is 586 g/mol. The summed E-state index contributed by atoms with van der Waals surface area (Å²) in [4.78, 5) is 37.4. The Kier molecular flexibility index (Phi) is 10.5. The molecule has 0 atom stereocenters. The van der Waals surface area contributed by atoms with Crippen molar-refractivity contribution in [3.05, 3.63) is 83.0 Å². The number of urea groups is 1. The van der Waals surface area contributed by atoms with Gasteiger partial charge in [0.05, 0.1) is 10.6 Å². The first-order valence-corrected chi connectivity index (χ1v) is 16.5. The number of aromatic nitrogens is 4. The smallest absolute Gasteiger partial charge is 0.317 e. The Morgan fingerprint density at radius 3 is 2.60 bits per heavy atom. The standard InChI is InChI=1S/C33H41N9O2S/c1-44-24-42-23-29(28-13-15-35-31(38-28)37-27-10-6-3-7-11-27)45-33(42)39-30-20-26(12-14-34-30)22-40-16-18-41(19-17-40)32(43)36-21-25-8-4-2-5-9-25/h2,4-5,8-9,12-15,20,23,27H,3,6-7,10-11,16-19,21-22,24H2,1H3,(H,36,43)(H,35,37,38). The average molecular weight is 628 g/mol. The van der Waals surface area contributed by atoms with Gasteiger partial charge in [-0.1, -0.05) is 60.9 Å². The van der Waals surface area contributed by atoms with Crippen molar-refractivity contribution in [3.8, 4) is 10.6 Å². The summed E-state index contributed by atoms with van der Waals surface area (Å²) < 4.78 is 7.45. The predicted molar refractivity (Wildman–Crippen MR) is 176 cm³/mol. The van der Waals surface area contributed by atoms with E-state index in [-0.39, 0.29) is 6.03 Å². The third kappa shape index (κ3) is 8.53. The molecule has 6 rings (SSSR count). The molecule has 2 N–H and O–H groups in total. The molecular formula is C33H41N9O2S. The Morgan fingerprint density at radius 1 is 1.00 bits per heavy atom. The molecule has 2 amide bonds. The first-order valence-electron chi connectivity index (χ1n) is 15.7. The maximum absolute atomic E-state index is 12.7. The number of carbonyl (C=O) groups is 1. The Hall–Kier alpha value is -4.13. The zero-order chi connectivity index (χ0) is 30.8. The number of nitrogens with zero attached hydrogens (tertiary/aromatic N) is 7. The highest BCUT2D eigenvalue weighted by molar-refractivity contribution is 7.12. The van der Waals surface area contributed by atoms with Crippen molar-refractivity contribution >= 4 is 29.1 Å². The molecule has 0 unspecified atom stereocenters. The van der Waals surface area contributed by atoms with Gasteiger partial charge in [0.15, 0.2) is 10.6 Å². The van der Waals surface area contributed by atoms with Crippen LogP contribution in [0.25, 0.3) is 10.6 Å². The third-order valence-electron chi connectivity index (χ3n) is 8.21. The van der Waals surface area contributed by atoms with Gasteiger partial charge >= 0.3 is 6.03 Å². The van der Waals surface area contributed by atoms with Gasteiger partial charge in [-0.3, -0.25) is 9.47 Å². The van der Waals surface area contributed by atoms with Crippen LogP contribution < -0.4 is 15.4 Å². The molecule has 0 bridgehead atoms. The van der Waals surface area contributed by atoms with Gasteiger partial charge in [0.2, 0.25) is 5.95 Å². The summed E-state index contributed by atoms with van der Waals surface area (Å²) in [6, 6.07) is 16.4. The second-order valence-electron chi connectivity index (χ2n) is 11.6. The van der Waals surface area contributed by atoms with E-state index in [2.05, 4.69) is 25.5 Å². The average Bonchev–Trinajstić information content (AvgIpc) is 3.47. The van der Waals surface area contributed by atoms with Crippen molar-refractivity contribution in [2.45, 2.75) is 58.0 Å². The van der Waals surface area contributed by atoms with E-state index < -0.39 is 0 Å². The predicted octanol–water partition coefficient (Wildman–Crippen LogP) is 5.01. The summed E-state index contributed by atoms with van der Waals surface area (Å²) in [5, 5.41) is 6.56. The van der Waals surface area contributed by atoms with Crippen LogP contribution in [0.4, 0.5) is 16.6 Å². The topological polar surface area (TPSA) is 113 Å². The highest BCUT2D eigenvalue weighted by Gasteiger charge is 2.21. The van der Waals surface area contributed by atoms with Crippen LogP contribution in [0.5, 0.6) is 0 Å². The number of anilines is 1.